The minimum atomic E-state index is -4.48. The van der Waals surface area contributed by atoms with E-state index in [4.69, 9.17) is 9.26 Å². The van der Waals surface area contributed by atoms with Crippen LogP contribution in [0.1, 0.15) is 21.7 Å². The molecule has 2 amide bonds. The van der Waals surface area contributed by atoms with E-state index in [-0.39, 0.29) is 29.9 Å². The number of carbonyl (C=O) groups excluding carboxylic acids is 2. The van der Waals surface area contributed by atoms with E-state index in [1.54, 1.807) is 36.1 Å². The molecule has 11 heteroatoms. The van der Waals surface area contributed by atoms with Crippen LogP contribution in [0.5, 0.6) is 11.5 Å². The maximum Gasteiger partial charge on any atom is 0.416 e. The predicted octanol–water partition coefficient (Wildman–Crippen LogP) is 4.19. The van der Waals surface area contributed by atoms with Gasteiger partial charge in [0.25, 0.3) is 5.91 Å². The maximum atomic E-state index is 13.0. The number of hydrogen-bond acceptors (Lipinski definition) is 6. The van der Waals surface area contributed by atoms with Crippen LogP contribution in [0.15, 0.2) is 59.1 Å². The Morgan fingerprint density at radius 2 is 1.71 bits per heavy atom. The summed E-state index contributed by atoms with van der Waals surface area (Å²) in [6.45, 7) is 3.76. The lowest BCUT2D eigenvalue weighted by molar-refractivity contribution is -0.137. The third-order valence-electron chi connectivity index (χ3n) is 5.40. The normalized spacial score (nSPS) is 14.6. The van der Waals surface area contributed by atoms with E-state index in [0.29, 0.717) is 43.3 Å². The lowest BCUT2D eigenvalue weighted by Gasteiger charge is -2.34. The summed E-state index contributed by atoms with van der Waals surface area (Å²) in [6, 6.07) is 12.5. The second kappa shape index (κ2) is 10.2. The number of anilines is 1. The van der Waals surface area contributed by atoms with Crippen LogP contribution < -0.4 is 10.1 Å². The van der Waals surface area contributed by atoms with Crippen LogP contribution >= 0.6 is 0 Å². The van der Waals surface area contributed by atoms with Crippen molar-refractivity contribution in [2.75, 3.05) is 38.0 Å². The van der Waals surface area contributed by atoms with Gasteiger partial charge in [-0.2, -0.15) is 13.2 Å². The Kier molecular flexibility index (Phi) is 7.06. The Hall–Kier alpha value is -3.86. The van der Waals surface area contributed by atoms with Crippen molar-refractivity contribution in [1.82, 2.24) is 15.0 Å². The van der Waals surface area contributed by atoms with Gasteiger partial charge in [0.05, 0.1) is 12.1 Å². The molecule has 2 heterocycles. The quantitative estimate of drug-likeness (QED) is 0.560. The molecule has 0 saturated carbocycles. The van der Waals surface area contributed by atoms with E-state index in [1.165, 1.54) is 18.2 Å². The molecule has 1 N–H and O–H groups in total. The Morgan fingerprint density at radius 1 is 1.03 bits per heavy atom. The molecule has 2 aromatic carbocycles. The van der Waals surface area contributed by atoms with E-state index in [0.717, 1.165) is 12.1 Å². The Labute approximate surface area is 199 Å². The fourth-order valence-electron chi connectivity index (χ4n) is 3.67. The SMILES string of the molecule is Cc1cc(NC(=O)CN2CCN(C(=O)c3cccc(Oc4cccc(C(F)(F)F)c4)c3)CC2)no1. The van der Waals surface area contributed by atoms with Gasteiger partial charge in [-0.15, -0.1) is 0 Å². The van der Waals surface area contributed by atoms with Gasteiger partial charge in [0.15, 0.2) is 5.82 Å². The Balaban J connectivity index is 1.32. The molecule has 8 nitrogen and oxygen atoms in total. The standard InChI is InChI=1S/C24H23F3N4O4/c1-16-12-21(29-35-16)28-22(32)15-30-8-10-31(11-9-30)23(33)17-4-2-6-19(13-17)34-20-7-3-5-18(14-20)24(25,26)27/h2-7,12-14H,8-11,15H2,1H3,(H,28,29,32). The van der Waals surface area contributed by atoms with E-state index in [9.17, 15) is 22.8 Å². The molecule has 1 saturated heterocycles. The third-order valence-corrected chi connectivity index (χ3v) is 5.40. The predicted molar refractivity (Wildman–Crippen MR) is 120 cm³/mol. The van der Waals surface area contributed by atoms with E-state index >= 15 is 0 Å². The molecule has 1 aliphatic heterocycles. The average Bonchev–Trinajstić information content (AvgIpc) is 3.23. The molecular formula is C24H23F3N4O4. The number of nitrogens with zero attached hydrogens (tertiary/aromatic N) is 3. The maximum absolute atomic E-state index is 13.0. The summed E-state index contributed by atoms with van der Waals surface area (Å²) >= 11 is 0. The van der Waals surface area contributed by atoms with Crippen molar-refractivity contribution >= 4 is 17.6 Å². The molecule has 1 aromatic heterocycles. The fraction of sp³-hybridized carbons (Fsp3) is 0.292. The van der Waals surface area contributed by atoms with Crippen LogP contribution in [0.2, 0.25) is 0 Å². The number of aryl methyl sites for hydroxylation is 1. The first-order valence-corrected chi connectivity index (χ1v) is 10.9. The molecular weight excluding hydrogens is 465 g/mol. The number of ether oxygens (including phenoxy) is 1. The highest BCUT2D eigenvalue weighted by molar-refractivity contribution is 5.95. The summed E-state index contributed by atoms with van der Waals surface area (Å²) in [4.78, 5) is 28.8. The smallest absolute Gasteiger partial charge is 0.416 e. The van der Waals surface area contributed by atoms with Crippen LogP contribution in [-0.4, -0.2) is 59.5 Å². The molecule has 35 heavy (non-hydrogen) atoms. The minimum absolute atomic E-state index is 0.0251. The number of piperazine rings is 1. The van der Waals surface area contributed by atoms with Gasteiger partial charge in [0, 0.05) is 37.8 Å². The number of hydrogen-bond donors (Lipinski definition) is 1. The van der Waals surface area contributed by atoms with Crippen molar-refractivity contribution in [2.45, 2.75) is 13.1 Å². The molecule has 0 unspecified atom stereocenters. The molecule has 0 bridgehead atoms. The van der Waals surface area contributed by atoms with E-state index in [2.05, 4.69) is 10.5 Å². The number of halogens is 3. The number of rotatable bonds is 6. The van der Waals surface area contributed by atoms with Crippen LogP contribution in [0.4, 0.5) is 19.0 Å². The number of nitrogens with one attached hydrogen (secondary N) is 1. The highest BCUT2D eigenvalue weighted by Crippen LogP contribution is 2.32. The first-order chi connectivity index (χ1) is 16.7. The summed E-state index contributed by atoms with van der Waals surface area (Å²) in [5, 5.41) is 6.39. The van der Waals surface area contributed by atoms with Gasteiger partial charge in [-0.3, -0.25) is 14.5 Å². The van der Waals surface area contributed by atoms with Gasteiger partial charge in [0.1, 0.15) is 17.3 Å². The highest BCUT2D eigenvalue weighted by atomic mass is 19.4. The summed E-state index contributed by atoms with van der Waals surface area (Å²) in [6.07, 6.45) is -4.48. The van der Waals surface area contributed by atoms with Gasteiger partial charge in [-0.25, -0.2) is 0 Å². The van der Waals surface area contributed by atoms with Gasteiger partial charge >= 0.3 is 6.18 Å². The summed E-state index contributed by atoms with van der Waals surface area (Å²) in [7, 11) is 0. The molecule has 184 valence electrons. The van der Waals surface area contributed by atoms with Crippen molar-refractivity contribution in [3.05, 3.63) is 71.5 Å². The zero-order chi connectivity index (χ0) is 25.0. The largest absolute Gasteiger partial charge is 0.457 e. The van der Waals surface area contributed by atoms with Crippen LogP contribution in [0, 0.1) is 6.92 Å². The van der Waals surface area contributed by atoms with Crippen molar-refractivity contribution in [3.63, 3.8) is 0 Å². The molecule has 4 rings (SSSR count). The topological polar surface area (TPSA) is 87.9 Å². The van der Waals surface area contributed by atoms with Crippen molar-refractivity contribution in [1.29, 1.82) is 0 Å². The average molecular weight is 488 g/mol. The summed E-state index contributed by atoms with van der Waals surface area (Å²) < 4.78 is 49.3. The van der Waals surface area contributed by atoms with Crippen LogP contribution in [0.25, 0.3) is 0 Å². The Bertz CT molecular complexity index is 1200. The summed E-state index contributed by atoms with van der Waals surface area (Å²) in [5.41, 5.74) is -0.452. The van der Waals surface area contributed by atoms with Crippen molar-refractivity contribution in [2.24, 2.45) is 0 Å². The lowest BCUT2D eigenvalue weighted by Crippen LogP contribution is -2.50. The highest BCUT2D eigenvalue weighted by Gasteiger charge is 2.30. The van der Waals surface area contributed by atoms with Crippen LogP contribution in [-0.2, 0) is 11.0 Å². The molecule has 0 spiro atoms. The number of carbonyl (C=O) groups is 2. The number of alkyl halides is 3. The summed E-state index contributed by atoms with van der Waals surface area (Å²) in [5.74, 6) is 0.787. The molecule has 0 radical (unpaired) electrons. The Morgan fingerprint density at radius 3 is 2.37 bits per heavy atom. The zero-order valence-electron chi connectivity index (χ0n) is 18.8. The number of aromatic nitrogens is 1. The lowest BCUT2D eigenvalue weighted by atomic mass is 10.1. The molecule has 0 aliphatic carbocycles. The van der Waals surface area contributed by atoms with Gasteiger partial charge in [-0.1, -0.05) is 17.3 Å². The number of amides is 2. The molecule has 3 aromatic rings. The van der Waals surface area contributed by atoms with Crippen molar-refractivity contribution < 1.29 is 32.0 Å². The number of benzene rings is 2. The second-order valence-electron chi connectivity index (χ2n) is 8.09. The molecule has 1 fully saturated rings. The zero-order valence-corrected chi connectivity index (χ0v) is 18.8. The van der Waals surface area contributed by atoms with Gasteiger partial charge in [-0.05, 0) is 43.3 Å². The van der Waals surface area contributed by atoms with Gasteiger partial charge < -0.3 is 19.5 Å². The first kappa shape index (κ1) is 24.3. The first-order valence-electron chi connectivity index (χ1n) is 10.9. The van der Waals surface area contributed by atoms with E-state index in [1.807, 2.05) is 4.90 Å². The monoisotopic (exact) mass is 488 g/mol. The van der Waals surface area contributed by atoms with Crippen LogP contribution in [0.3, 0.4) is 0 Å². The van der Waals surface area contributed by atoms with E-state index < -0.39 is 11.7 Å². The second-order valence-corrected chi connectivity index (χ2v) is 8.09. The fourth-order valence-corrected chi connectivity index (χ4v) is 3.67. The molecule has 0 atom stereocenters. The third kappa shape index (κ3) is 6.38. The minimum Gasteiger partial charge on any atom is -0.457 e. The molecule has 1 aliphatic rings. The van der Waals surface area contributed by atoms with Gasteiger partial charge in [0.2, 0.25) is 5.91 Å². The van der Waals surface area contributed by atoms with Crippen molar-refractivity contribution in [3.8, 4) is 11.5 Å².